The highest BCUT2D eigenvalue weighted by atomic mass is 35.5. The highest BCUT2D eigenvalue weighted by molar-refractivity contribution is 6.32. The van der Waals surface area contributed by atoms with Gasteiger partial charge in [-0.3, -0.25) is 0 Å². The highest BCUT2D eigenvalue weighted by Crippen LogP contribution is 2.31. The lowest BCUT2D eigenvalue weighted by Gasteiger charge is -2.18. The van der Waals surface area contributed by atoms with Gasteiger partial charge < -0.3 is 10.1 Å². The number of halogens is 3. The van der Waals surface area contributed by atoms with Crippen LogP contribution in [0.1, 0.15) is 17.2 Å². The fourth-order valence-corrected chi connectivity index (χ4v) is 2.46. The van der Waals surface area contributed by atoms with E-state index in [1.54, 1.807) is 25.3 Å². The average Bonchev–Trinajstić information content (AvgIpc) is 2.45. The van der Waals surface area contributed by atoms with E-state index >= 15 is 0 Å². The van der Waals surface area contributed by atoms with Gasteiger partial charge in [-0.1, -0.05) is 35.3 Å². The Kier molecular flexibility index (Phi) is 4.86. The van der Waals surface area contributed by atoms with Gasteiger partial charge in [0.1, 0.15) is 11.6 Å². The molecule has 1 atom stereocenters. The Morgan fingerprint density at radius 1 is 1.05 bits per heavy atom. The van der Waals surface area contributed by atoms with Crippen molar-refractivity contribution in [2.45, 2.75) is 6.04 Å². The van der Waals surface area contributed by atoms with Crippen LogP contribution in [0.5, 0.6) is 5.75 Å². The summed E-state index contributed by atoms with van der Waals surface area (Å²) in [7, 11) is 3.39. The van der Waals surface area contributed by atoms with E-state index in [0.29, 0.717) is 10.8 Å². The summed E-state index contributed by atoms with van der Waals surface area (Å²) in [5, 5.41) is 3.82. The maximum atomic E-state index is 13.3. The second kappa shape index (κ2) is 6.44. The minimum atomic E-state index is -0.432. The number of benzene rings is 2. The molecule has 106 valence electrons. The molecule has 1 unspecified atom stereocenters. The molecule has 0 aliphatic rings. The fourth-order valence-electron chi connectivity index (χ4n) is 2.07. The molecule has 0 aliphatic heterocycles. The van der Waals surface area contributed by atoms with Gasteiger partial charge in [-0.15, -0.1) is 0 Å². The summed E-state index contributed by atoms with van der Waals surface area (Å²) in [5.41, 5.74) is 1.82. The summed E-state index contributed by atoms with van der Waals surface area (Å²) < 4.78 is 18.5. The van der Waals surface area contributed by atoms with Crippen LogP contribution in [0.4, 0.5) is 4.39 Å². The van der Waals surface area contributed by atoms with Crippen LogP contribution in [0.3, 0.4) is 0 Å². The third-order valence-electron chi connectivity index (χ3n) is 3.07. The number of nitrogens with one attached hydrogen (secondary N) is 1. The third-order valence-corrected chi connectivity index (χ3v) is 3.68. The Morgan fingerprint density at radius 2 is 1.70 bits per heavy atom. The van der Waals surface area contributed by atoms with E-state index in [2.05, 4.69) is 5.32 Å². The Morgan fingerprint density at radius 3 is 2.30 bits per heavy atom. The van der Waals surface area contributed by atoms with Gasteiger partial charge in [0.15, 0.2) is 0 Å². The van der Waals surface area contributed by atoms with Crippen LogP contribution in [0.2, 0.25) is 10.0 Å². The third kappa shape index (κ3) is 3.06. The lowest BCUT2D eigenvalue weighted by Crippen LogP contribution is -2.17. The van der Waals surface area contributed by atoms with Crippen LogP contribution in [0.25, 0.3) is 0 Å². The van der Waals surface area contributed by atoms with E-state index in [0.717, 1.165) is 11.1 Å². The molecule has 5 heteroatoms. The molecular formula is C15H14Cl2FNO. The summed E-state index contributed by atoms with van der Waals surface area (Å²) >= 11 is 11.9. The second-order valence-electron chi connectivity index (χ2n) is 4.29. The molecule has 0 saturated heterocycles. The van der Waals surface area contributed by atoms with E-state index in [-0.39, 0.29) is 11.1 Å². The maximum absolute atomic E-state index is 13.3. The van der Waals surface area contributed by atoms with Gasteiger partial charge in [-0.25, -0.2) is 4.39 Å². The Labute approximate surface area is 127 Å². The second-order valence-corrected chi connectivity index (χ2v) is 5.10. The van der Waals surface area contributed by atoms with Gasteiger partial charge in [0, 0.05) is 0 Å². The summed E-state index contributed by atoms with van der Waals surface area (Å²) in [5.74, 6) is 0.164. The average molecular weight is 314 g/mol. The van der Waals surface area contributed by atoms with Crippen molar-refractivity contribution in [2.24, 2.45) is 0 Å². The molecular weight excluding hydrogens is 300 g/mol. The first-order valence-corrected chi connectivity index (χ1v) is 6.78. The van der Waals surface area contributed by atoms with Gasteiger partial charge in [0.25, 0.3) is 0 Å². The zero-order chi connectivity index (χ0) is 14.7. The standard InChI is InChI=1S/C15H14Cl2FNO/c1-19-15(9-4-6-13(18)12(17)7-9)10-3-5-11(16)14(8-10)20-2/h3-8,15,19H,1-2H3. The van der Waals surface area contributed by atoms with Crippen molar-refractivity contribution in [3.63, 3.8) is 0 Å². The molecule has 0 saturated carbocycles. The summed E-state index contributed by atoms with van der Waals surface area (Å²) in [6, 6.07) is 10.0. The van der Waals surface area contributed by atoms with E-state index in [4.69, 9.17) is 27.9 Å². The molecule has 0 heterocycles. The molecule has 0 aliphatic carbocycles. The van der Waals surface area contributed by atoms with Gasteiger partial charge in [-0.2, -0.15) is 0 Å². The predicted molar refractivity (Wildman–Crippen MR) is 80.3 cm³/mol. The maximum Gasteiger partial charge on any atom is 0.141 e. The molecule has 2 aromatic rings. The highest BCUT2D eigenvalue weighted by Gasteiger charge is 2.15. The molecule has 0 radical (unpaired) electrons. The Balaban J connectivity index is 2.43. The molecule has 0 amide bonds. The molecule has 1 N–H and O–H groups in total. The quantitative estimate of drug-likeness (QED) is 0.900. The van der Waals surface area contributed by atoms with Crippen molar-refractivity contribution < 1.29 is 9.13 Å². The minimum absolute atomic E-state index is 0.101. The molecule has 0 aromatic heterocycles. The van der Waals surface area contributed by atoms with Crippen LogP contribution in [0, 0.1) is 5.82 Å². The molecule has 2 aromatic carbocycles. The number of rotatable bonds is 4. The van der Waals surface area contributed by atoms with E-state index < -0.39 is 5.82 Å². The number of ether oxygens (including phenoxy) is 1. The minimum Gasteiger partial charge on any atom is -0.495 e. The van der Waals surface area contributed by atoms with E-state index in [1.807, 2.05) is 19.2 Å². The Bertz CT molecular complexity index is 619. The molecule has 2 rings (SSSR count). The van der Waals surface area contributed by atoms with Gasteiger partial charge in [0.05, 0.1) is 23.2 Å². The lowest BCUT2D eigenvalue weighted by atomic mass is 9.98. The Hall–Kier alpha value is -1.29. The van der Waals surface area contributed by atoms with Crippen molar-refractivity contribution in [3.05, 3.63) is 63.4 Å². The van der Waals surface area contributed by atoms with Crippen molar-refractivity contribution in [1.82, 2.24) is 5.32 Å². The SMILES string of the molecule is CNC(c1ccc(F)c(Cl)c1)c1ccc(Cl)c(OC)c1. The predicted octanol–water partition coefficient (Wildman–Crippen LogP) is 4.45. The zero-order valence-electron chi connectivity index (χ0n) is 11.1. The smallest absolute Gasteiger partial charge is 0.141 e. The van der Waals surface area contributed by atoms with Gasteiger partial charge in [-0.05, 0) is 42.4 Å². The van der Waals surface area contributed by atoms with E-state index in [1.165, 1.54) is 6.07 Å². The molecule has 0 spiro atoms. The number of methoxy groups -OCH3 is 1. The first-order chi connectivity index (χ1) is 9.56. The van der Waals surface area contributed by atoms with E-state index in [9.17, 15) is 4.39 Å². The largest absolute Gasteiger partial charge is 0.495 e. The van der Waals surface area contributed by atoms with Gasteiger partial charge in [0.2, 0.25) is 0 Å². The number of hydrogen-bond donors (Lipinski definition) is 1. The normalized spacial score (nSPS) is 12.2. The topological polar surface area (TPSA) is 21.3 Å². The summed E-state index contributed by atoms with van der Waals surface area (Å²) in [6.07, 6.45) is 0. The monoisotopic (exact) mass is 313 g/mol. The van der Waals surface area contributed by atoms with Crippen LogP contribution >= 0.6 is 23.2 Å². The molecule has 2 nitrogen and oxygen atoms in total. The van der Waals surface area contributed by atoms with Crippen LogP contribution < -0.4 is 10.1 Å². The summed E-state index contributed by atoms with van der Waals surface area (Å²) in [4.78, 5) is 0. The van der Waals surface area contributed by atoms with Crippen molar-refractivity contribution >= 4 is 23.2 Å². The van der Waals surface area contributed by atoms with Gasteiger partial charge >= 0.3 is 0 Å². The lowest BCUT2D eigenvalue weighted by molar-refractivity contribution is 0.414. The first kappa shape index (κ1) is 15.1. The first-order valence-electron chi connectivity index (χ1n) is 6.02. The van der Waals surface area contributed by atoms with Crippen molar-refractivity contribution in [1.29, 1.82) is 0 Å². The zero-order valence-corrected chi connectivity index (χ0v) is 12.6. The van der Waals surface area contributed by atoms with Crippen molar-refractivity contribution in [3.8, 4) is 5.75 Å². The molecule has 0 fully saturated rings. The number of hydrogen-bond acceptors (Lipinski definition) is 2. The molecule has 0 bridgehead atoms. The van der Waals surface area contributed by atoms with Crippen LogP contribution in [0.15, 0.2) is 36.4 Å². The molecule has 20 heavy (non-hydrogen) atoms. The fraction of sp³-hybridized carbons (Fsp3) is 0.200. The summed E-state index contributed by atoms with van der Waals surface area (Å²) in [6.45, 7) is 0. The van der Waals surface area contributed by atoms with Crippen LogP contribution in [-0.4, -0.2) is 14.2 Å². The van der Waals surface area contributed by atoms with Crippen LogP contribution in [-0.2, 0) is 0 Å². The van der Waals surface area contributed by atoms with Crippen molar-refractivity contribution in [2.75, 3.05) is 14.2 Å².